The average Bonchev–Trinajstić information content (AvgIpc) is 3.23. The molecule has 0 aromatic rings. The molecule has 0 radical (unpaired) electrons. The van der Waals surface area contributed by atoms with E-state index in [-0.39, 0.29) is 51.0 Å². The third kappa shape index (κ3) is 18.1. The molecule has 0 aromatic heterocycles. The minimum absolute atomic E-state index is 0.0617. The summed E-state index contributed by atoms with van der Waals surface area (Å²) in [4.78, 5) is 25.2. The van der Waals surface area contributed by atoms with Gasteiger partial charge >= 0.3 is 11.9 Å². The number of esters is 1. The standard InChI is InChI=1S/C47H73NO16/c1-27-17-15-13-11-9-7-5-6-8-10-12-14-16-18-34(63-47-45(58)42(48)37(54)26-61-47)25-38-41(46(59)60)29(3)44(57)39(64-38)23-33(51)22-36(53)35(52)20-19-31(49)21-32(50)24-40(55)62-30(4)28(2)43(27)56/h5-18,27-39,41-45,47,49-54,56-58H,19-26,48H2,1-4H3,(H,59,60)/b6-5+,9-7+,10-8+,13-11+,14-12+,17-15+,18-16+/t27-,28-,29+,30-,31+,32+,33-,34-,35+,36+,37+,38-,39?,41+,42-,43+,44-,45-,47?/m0/s1. The molecule has 2 fully saturated rings. The largest absolute Gasteiger partial charge is 0.481 e. The van der Waals surface area contributed by atoms with Crippen molar-refractivity contribution in [1.29, 1.82) is 0 Å². The average molecular weight is 908 g/mol. The Morgan fingerprint density at radius 1 is 0.625 bits per heavy atom. The number of aliphatic carboxylic acids is 1. The van der Waals surface area contributed by atoms with Gasteiger partial charge in [0.25, 0.3) is 0 Å². The van der Waals surface area contributed by atoms with Crippen LogP contribution >= 0.6 is 0 Å². The molecule has 19 atom stereocenters. The molecule has 0 amide bonds. The Kier molecular flexibility index (Phi) is 24.0. The summed E-state index contributed by atoms with van der Waals surface area (Å²) >= 11 is 0. The van der Waals surface area contributed by atoms with E-state index >= 15 is 0 Å². The molecule has 0 spiro atoms. The number of nitrogens with two attached hydrogens (primary N) is 1. The van der Waals surface area contributed by atoms with Gasteiger partial charge in [0.05, 0.1) is 92.1 Å². The summed E-state index contributed by atoms with van der Waals surface area (Å²) in [5.74, 6) is -4.77. The van der Waals surface area contributed by atoms with Crippen LogP contribution in [0.2, 0.25) is 0 Å². The molecule has 362 valence electrons. The van der Waals surface area contributed by atoms with Gasteiger partial charge in [-0.25, -0.2) is 0 Å². The predicted octanol–water partition coefficient (Wildman–Crippen LogP) is 1.25. The Morgan fingerprint density at radius 2 is 1.20 bits per heavy atom. The van der Waals surface area contributed by atoms with Crippen molar-refractivity contribution in [2.24, 2.45) is 29.4 Å². The van der Waals surface area contributed by atoms with Crippen LogP contribution in [-0.2, 0) is 28.5 Å². The number of carbonyl (C=O) groups excluding carboxylic acids is 1. The Bertz CT molecular complexity index is 1610. The fourth-order valence-corrected chi connectivity index (χ4v) is 7.94. The first-order chi connectivity index (χ1) is 30.3. The zero-order valence-corrected chi connectivity index (χ0v) is 37.2. The number of carboxylic acids is 1. The van der Waals surface area contributed by atoms with Gasteiger partial charge in [0.15, 0.2) is 6.29 Å². The van der Waals surface area contributed by atoms with E-state index in [9.17, 15) is 60.7 Å². The van der Waals surface area contributed by atoms with Crippen LogP contribution in [0.4, 0.5) is 0 Å². The molecule has 0 aliphatic carbocycles. The van der Waals surface area contributed by atoms with Gasteiger partial charge in [-0.2, -0.15) is 0 Å². The lowest BCUT2D eigenvalue weighted by molar-refractivity contribution is -0.259. The molecular weight excluding hydrogens is 835 g/mol. The second kappa shape index (κ2) is 27.9. The summed E-state index contributed by atoms with van der Waals surface area (Å²) in [5.41, 5.74) is 5.96. The molecule has 0 saturated carbocycles. The monoisotopic (exact) mass is 907 g/mol. The second-order valence-electron chi connectivity index (χ2n) is 17.4. The first-order valence-corrected chi connectivity index (χ1v) is 22.2. The topological polar surface area (TPSA) is 299 Å². The van der Waals surface area contributed by atoms with Crippen molar-refractivity contribution in [1.82, 2.24) is 0 Å². The number of aliphatic hydroxyl groups excluding tert-OH is 9. The molecule has 3 aliphatic heterocycles. The van der Waals surface area contributed by atoms with Crippen LogP contribution in [-0.4, -0.2) is 161 Å². The first kappa shape index (κ1) is 54.9. The van der Waals surface area contributed by atoms with E-state index in [4.69, 9.17) is 24.7 Å². The molecule has 64 heavy (non-hydrogen) atoms. The zero-order chi connectivity index (χ0) is 47.5. The molecule has 2 bridgehead atoms. The van der Waals surface area contributed by atoms with E-state index in [2.05, 4.69) is 0 Å². The van der Waals surface area contributed by atoms with E-state index in [1.807, 2.05) is 49.5 Å². The smallest absolute Gasteiger partial charge is 0.309 e. The summed E-state index contributed by atoms with van der Waals surface area (Å²) in [6, 6.07) is -1.08. The SMILES string of the molecule is C[C@@H]1[C@H](O)[C@@H](C)/C=C/C=C/C=C/C=C/C=C/C=C/C=C/[C@H](OC2OC[C@@H](O)[C@H](N)[C@@H]2O)C[C@@H]2OC(C[C@@H](O)C[C@@H](O)[C@H](O)CC[C@@H](O)C[C@@H](O)CC(=O)O[C@H]1C)[C@@H](O)[C@H](C)[C@H]2C(=O)O. The Balaban J connectivity index is 1.84. The van der Waals surface area contributed by atoms with Gasteiger partial charge in [-0.05, 0) is 26.2 Å². The first-order valence-electron chi connectivity index (χ1n) is 22.2. The zero-order valence-electron chi connectivity index (χ0n) is 37.2. The van der Waals surface area contributed by atoms with E-state index in [0.29, 0.717) is 0 Å². The maximum atomic E-state index is 12.6. The van der Waals surface area contributed by atoms with Crippen LogP contribution in [0.3, 0.4) is 0 Å². The highest BCUT2D eigenvalue weighted by Gasteiger charge is 2.48. The van der Waals surface area contributed by atoms with Crippen LogP contribution in [0.5, 0.6) is 0 Å². The molecule has 17 nitrogen and oxygen atoms in total. The van der Waals surface area contributed by atoms with Gasteiger partial charge in [-0.3, -0.25) is 9.59 Å². The number of aliphatic hydroxyl groups is 9. The molecule has 2 saturated heterocycles. The Labute approximate surface area is 376 Å². The number of cyclic esters (lactones) is 1. The van der Waals surface area contributed by atoms with Gasteiger partial charge in [-0.1, -0.05) is 106 Å². The predicted molar refractivity (Wildman–Crippen MR) is 236 cm³/mol. The molecular formula is C47H73NO16. The third-order valence-electron chi connectivity index (χ3n) is 12.1. The van der Waals surface area contributed by atoms with Gasteiger partial charge in [0.1, 0.15) is 12.2 Å². The number of hydrogen-bond acceptors (Lipinski definition) is 16. The molecule has 3 rings (SSSR count). The molecule has 17 heteroatoms. The summed E-state index contributed by atoms with van der Waals surface area (Å²) in [5, 5.41) is 107. The summed E-state index contributed by atoms with van der Waals surface area (Å²) in [6.07, 6.45) is 6.82. The lowest BCUT2D eigenvalue weighted by atomic mass is 9.77. The summed E-state index contributed by atoms with van der Waals surface area (Å²) < 4.78 is 23.3. The fourth-order valence-electron chi connectivity index (χ4n) is 7.94. The van der Waals surface area contributed by atoms with Crippen LogP contribution < -0.4 is 5.73 Å². The molecule has 0 aromatic carbocycles. The summed E-state index contributed by atoms with van der Waals surface area (Å²) in [7, 11) is 0. The van der Waals surface area contributed by atoms with Crippen molar-refractivity contribution < 1.29 is 79.6 Å². The number of carboxylic acid groups (broad SMARTS) is 1. The van der Waals surface area contributed by atoms with E-state index in [1.165, 1.54) is 0 Å². The Morgan fingerprint density at radius 3 is 1.80 bits per heavy atom. The van der Waals surface area contributed by atoms with Gasteiger partial charge in [0.2, 0.25) is 0 Å². The molecule has 3 aliphatic rings. The highest BCUT2D eigenvalue weighted by Crippen LogP contribution is 2.37. The normalized spacial score (nSPS) is 44.8. The second-order valence-corrected chi connectivity index (χ2v) is 17.4. The highest BCUT2D eigenvalue weighted by molar-refractivity contribution is 5.71. The summed E-state index contributed by atoms with van der Waals surface area (Å²) in [6.45, 7) is 6.57. The Hall–Kier alpha value is -3.40. The van der Waals surface area contributed by atoms with Gasteiger partial charge in [0, 0.05) is 37.0 Å². The molecule has 3 heterocycles. The van der Waals surface area contributed by atoms with Crippen LogP contribution in [0, 0.1) is 23.7 Å². The minimum atomic E-state index is -1.47. The van der Waals surface area contributed by atoms with Gasteiger partial charge in [-0.15, -0.1) is 0 Å². The lowest BCUT2D eigenvalue weighted by Crippen LogP contribution is -2.59. The number of ether oxygens (including phenoxy) is 4. The van der Waals surface area contributed by atoms with Crippen molar-refractivity contribution in [2.75, 3.05) is 6.61 Å². The van der Waals surface area contributed by atoms with Crippen molar-refractivity contribution in [3.63, 3.8) is 0 Å². The fraction of sp³-hybridized carbons (Fsp3) is 0.660. The number of hydrogen-bond donors (Lipinski definition) is 11. The maximum Gasteiger partial charge on any atom is 0.309 e. The van der Waals surface area contributed by atoms with Crippen molar-refractivity contribution in [3.8, 4) is 0 Å². The maximum absolute atomic E-state index is 12.6. The van der Waals surface area contributed by atoms with Gasteiger partial charge < -0.3 is 75.7 Å². The lowest BCUT2D eigenvalue weighted by Gasteiger charge is -2.44. The third-order valence-corrected chi connectivity index (χ3v) is 12.1. The number of fused-ring (bicyclic) bond motifs is 2. The van der Waals surface area contributed by atoms with E-state index in [1.54, 1.807) is 63.3 Å². The molecule has 2 unspecified atom stereocenters. The number of rotatable bonds is 3. The van der Waals surface area contributed by atoms with E-state index < -0.39 is 128 Å². The van der Waals surface area contributed by atoms with Crippen LogP contribution in [0.1, 0.15) is 72.6 Å². The van der Waals surface area contributed by atoms with Crippen LogP contribution in [0.15, 0.2) is 85.1 Å². The number of allylic oxidation sites excluding steroid dienone is 12. The molecule has 12 N–H and O–H groups in total. The highest BCUT2D eigenvalue weighted by atomic mass is 16.7. The number of carbonyl (C=O) groups is 2. The van der Waals surface area contributed by atoms with Crippen molar-refractivity contribution in [3.05, 3.63) is 85.1 Å². The van der Waals surface area contributed by atoms with Crippen molar-refractivity contribution in [2.45, 2.75) is 164 Å². The van der Waals surface area contributed by atoms with Crippen molar-refractivity contribution >= 4 is 11.9 Å². The quantitative estimate of drug-likeness (QED) is 0.178. The van der Waals surface area contributed by atoms with E-state index in [0.717, 1.165) is 0 Å². The minimum Gasteiger partial charge on any atom is -0.481 e. The van der Waals surface area contributed by atoms with Crippen LogP contribution in [0.25, 0.3) is 0 Å².